The Hall–Kier alpha value is -0.420. The highest BCUT2D eigenvalue weighted by molar-refractivity contribution is 9.11. The predicted molar refractivity (Wildman–Crippen MR) is 101 cm³/mol. The quantitative estimate of drug-likeness (QED) is 0.497. The molecule has 0 atom stereocenters. The third kappa shape index (κ3) is 4.79. The number of hydrogen-bond acceptors (Lipinski definition) is 2. The number of anilines is 1. The summed E-state index contributed by atoms with van der Waals surface area (Å²) in [7, 11) is 0. The molecule has 0 aliphatic rings. The summed E-state index contributed by atoms with van der Waals surface area (Å²) in [6.45, 7) is 3.35. The van der Waals surface area contributed by atoms with E-state index in [2.05, 4.69) is 44.1 Å². The van der Waals surface area contributed by atoms with Crippen molar-refractivity contribution >= 4 is 60.7 Å². The van der Waals surface area contributed by atoms with E-state index in [0.29, 0.717) is 23.2 Å². The molecule has 22 heavy (non-hydrogen) atoms. The Bertz CT molecular complexity index is 665. The lowest BCUT2D eigenvalue weighted by Gasteiger charge is -2.15. The monoisotopic (exact) mass is 465 g/mol. The Morgan fingerprint density at radius 1 is 1.14 bits per heavy atom. The van der Waals surface area contributed by atoms with Crippen molar-refractivity contribution < 1.29 is 4.74 Å². The Morgan fingerprint density at radius 3 is 2.59 bits per heavy atom. The van der Waals surface area contributed by atoms with E-state index in [1.165, 1.54) is 0 Å². The van der Waals surface area contributed by atoms with Gasteiger partial charge < -0.3 is 10.1 Å². The van der Waals surface area contributed by atoms with Gasteiger partial charge in [-0.2, -0.15) is 0 Å². The lowest BCUT2D eigenvalue weighted by atomic mass is 10.2. The van der Waals surface area contributed by atoms with E-state index in [1.54, 1.807) is 12.1 Å². The van der Waals surface area contributed by atoms with Gasteiger partial charge in [0, 0.05) is 21.6 Å². The van der Waals surface area contributed by atoms with Gasteiger partial charge in [-0.1, -0.05) is 46.1 Å². The fraction of sp³-hybridized carbons (Fsp3) is 0.250. The number of rotatable bonds is 6. The first-order valence-corrected chi connectivity index (χ1v) is 9.15. The molecule has 2 rings (SSSR count). The highest BCUT2D eigenvalue weighted by atomic mass is 79.9. The number of nitrogens with one attached hydrogen (secondary N) is 1. The van der Waals surface area contributed by atoms with Crippen LogP contribution in [0.2, 0.25) is 10.0 Å². The fourth-order valence-electron chi connectivity index (χ4n) is 1.93. The van der Waals surface area contributed by atoms with Crippen molar-refractivity contribution in [1.29, 1.82) is 0 Å². The molecule has 118 valence electrons. The maximum absolute atomic E-state index is 6.18. The van der Waals surface area contributed by atoms with Gasteiger partial charge in [-0.05, 0) is 52.7 Å². The van der Waals surface area contributed by atoms with Crippen molar-refractivity contribution in [3.63, 3.8) is 0 Å². The summed E-state index contributed by atoms with van der Waals surface area (Å²) in [5, 5.41) is 4.53. The topological polar surface area (TPSA) is 21.3 Å². The second-order valence-electron chi connectivity index (χ2n) is 4.70. The Labute approximate surface area is 157 Å². The van der Waals surface area contributed by atoms with Crippen LogP contribution in [-0.4, -0.2) is 6.61 Å². The minimum absolute atomic E-state index is 0.595. The number of halogens is 4. The van der Waals surface area contributed by atoms with Crippen molar-refractivity contribution in [2.24, 2.45) is 0 Å². The van der Waals surface area contributed by atoms with Gasteiger partial charge in [-0.15, -0.1) is 0 Å². The van der Waals surface area contributed by atoms with Crippen LogP contribution in [0.3, 0.4) is 0 Å². The van der Waals surface area contributed by atoms with Gasteiger partial charge in [0.2, 0.25) is 0 Å². The van der Waals surface area contributed by atoms with Crippen LogP contribution in [-0.2, 0) is 6.54 Å². The van der Waals surface area contributed by atoms with Gasteiger partial charge in [-0.25, -0.2) is 0 Å². The molecule has 0 radical (unpaired) electrons. The first kappa shape index (κ1) is 17.9. The molecule has 2 nitrogen and oxygen atoms in total. The van der Waals surface area contributed by atoms with E-state index in [4.69, 9.17) is 27.9 Å². The first-order chi connectivity index (χ1) is 10.5. The van der Waals surface area contributed by atoms with Crippen LogP contribution in [0.5, 0.6) is 5.75 Å². The smallest absolute Gasteiger partial charge is 0.138 e. The molecule has 0 bridgehead atoms. The van der Waals surface area contributed by atoms with Crippen molar-refractivity contribution in [2.75, 3.05) is 11.9 Å². The minimum Gasteiger partial charge on any atom is -0.492 e. The maximum atomic E-state index is 6.18. The first-order valence-electron chi connectivity index (χ1n) is 6.81. The summed E-state index contributed by atoms with van der Waals surface area (Å²) >= 11 is 19.2. The van der Waals surface area contributed by atoms with Crippen molar-refractivity contribution in [1.82, 2.24) is 0 Å². The molecule has 0 fully saturated rings. The lowest BCUT2D eigenvalue weighted by Crippen LogP contribution is -2.05. The average molecular weight is 468 g/mol. The van der Waals surface area contributed by atoms with Gasteiger partial charge in [0.15, 0.2) is 0 Å². The van der Waals surface area contributed by atoms with Crippen LogP contribution < -0.4 is 10.1 Å². The summed E-state index contributed by atoms with van der Waals surface area (Å²) in [6, 6.07) is 9.40. The predicted octanol–water partition coefficient (Wildman–Crippen LogP) is 6.92. The summed E-state index contributed by atoms with van der Waals surface area (Å²) in [5.74, 6) is 0.850. The Morgan fingerprint density at radius 2 is 1.91 bits per heavy atom. The summed E-state index contributed by atoms with van der Waals surface area (Å²) < 4.78 is 7.76. The van der Waals surface area contributed by atoms with Gasteiger partial charge in [0.1, 0.15) is 5.75 Å². The Kier molecular flexibility index (Phi) is 6.87. The molecule has 0 amide bonds. The molecule has 0 saturated carbocycles. The van der Waals surface area contributed by atoms with E-state index in [-0.39, 0.29) is 0 Å². The van der Waals surface area contributed by atoms with Crippen LogP contribution in [0.25, 0.3) is 0 Å². The second-order valence-corrected chi connectivity index (χ2v) is 7.32. The standard InChI is InChI=1S/C16H15Br2Cl2NO/c1-2-5-22-16-10(6-11(17)7-13(16)18)9-21-15-4-3-12(19)8-14(15)20/h3-4,6-8,21H,2,5,9H2,1H3. The number of ether oxygens (including phenoxy) is 1. The van der Waals surface area contributed by atoms with Crippen molar-refractivity contribution in [3.8, 4) is 5.75 Å². The highest BCUT2D eigenvalue weighted by Crippen LogP contribution is 2.34. The molecule has 2 aromatic carbocycles. The molecule has 0 saturated heterocycles. The minimum atomic E-state index is 0.595. The van der Waals surface area contributed by atoms with Gasteiger partial charge in [0.25, 0.3) is 0 Å². The second kappa shape index (κ2) is 8.44. The van der Waals surface area contributed by atoms with Crippen LogP contribution >= 0.6 is 55.1 Å². The van der Waals surface area contributed by atoms with Crippen LogP contribution in [0.1, 0.15) is 18.9 Å². The number of benzene rings is 2. The molecular formula is C16H15Br2Cl2NO. The van der Waals surface area contributed by atoms with E-state index >= 15 is 0 Å². The van der Waals surface area contributed by atoms with Gasteiger partial charge >= 0.3 is 0 Å². The van der Waals surface area contributed by atoms with Crippen LogP contribution in [0.15, 0.2) is 39.3 Å². The van der Waals surface area contributed by atoms with Gasteiger partial charge in [-0.3, -0.25) is 0 Å². The highest BCUT2D eigenvalue weighted by Gasteiger charge is 2.11. The normalized spacial score (nSPS) is 10.6. The summed E-state index contributed by atoms with van der Waals surface area (Å²) in [4.78, 5) is 0. The molecule has 0 heterocycles. The zero-order valence-corrected chi connectivity index (χ0v) is 16.6. The zero-order chi connectivity index (χ0) is 16.1. The number of hydrogen-bond donors (Lipinski definition) is 1. The average Bonchev–Trinajstić information content (AvgIpc) is 2.45. The van der Waals surface area contributed by atoms with Crippen LogP contribution in [0, 0.1) is 0 Å². The third-order valence-corrected chi connectivity index (χ3v) is 4.53. The van der Waals surface area contributed by atoms with Crippen molar-refractivity contribution in [3.05, 3.63) is 54.9 Å². The Balaban J connectivity index is 2.20. The maximum Gasteiger partial charge on any atom is 0.138 e. The summed E-state index contributed by atoms with van der Waals surface area (Å²) in [6.07, 6.45) is 0.957. The van der Waals surface area contributed by atoms with E-state index in [0.717, 1.165) is 32.4 Å². The largest absolute Gasteiger partial charge is 0.492 e. The van der Waals surface area contributed by atoms with Gasteiger partial charge in [0.05, 0.1) is 21.8 Å². The molecular weight excluding hydrogens is 453 g/mol. The van der Waals surface area contributed by atoms with Crippen molar-refractivity contribution in [2.45, 2.75) is 19.9 Å². The summed E-state index contributed by atoms with van der Waals surface area (Å²) in [5.41, 5.74) is 1.88. The van der Waals surface area contributed by atoms with E-state index in [1.807, 2.05) is 18.2 Å². The molecule has 2 aromatic rings. The van der Waals surface area contributed by atoms with E-state index in [9.17, 15) is 0 Å². The third-order valence-electron chi connectivity index (χ3n) is 2.94. The van der Waals surface area contributed by atoms with Crippen LogP contribution in [0.4, 0.5) is 5.69 Å². The zero-order valence-electron chi connectivity index (χ0n) is 11.9. The fourth-order valence-corrected chi connectivity index (χ4v) is 3.84. The SMILES string of the molecule is CCCOc1c(Br)cc(Br)cc1CNc1ccc(Cl)cc1Cl. The molecule has 0 aromatic heterocycles. The molecule has 0 unspecified atom stereocenters. The molecule has 1 N–H and O–H groups in total. The van der Waals surface area contributed by atoms with E-state index < -0.39 is 0 Å². The molecule has 0 spiro atoms. The molecule has 6 heteroatoms. The molecule has 0 aliphatic carbocycles. The molecule has 0 aliphatic heterocycles. The lowest BCUT2D eigenvalue weighted by molar-refractivity contribution is 0.312.